The quantitative estimate of drug-likeness (QED) is 0.883. The van der Waals surface area contributed by atoms with E-state index in [0.717, 1.165) is 0 Å². The lowest BCUT2D eigenvalue weighted by atomic mass is 10.2. The largest absolute Gasteiger partial charge is 0.573 e. The van der Waals surface area contributed by atoms with Crippen LogP contribution in [0.4, 0.5) is 18.9 Å². The van der Waals surface area contributed by atoms with E-state index in [-0.39, 0.29) is 5.75 Å². The standard InChI is InChI=1S/C11H11F3N2O/c1-2-8(7-15)16-9-4-3-5-10(6-9)17-11(12,13)14/h3-6,8,16H,2H2,1H3. The van der Waals surface area contributed by atoms with Gasteiger partial charge in [0.1, 0.15) is 11.8 Å². The summed E-state index contributed by atoms with van der Waals surface area (Å²) in [7, 11) is 0. The Morgan fingerprint density at radius 2 is 2.18 bits per heavy atom. The number of ether oxygens (including phenoxy) is 1. The predicted molar refractivity (Wildman–Crippen MR) is 56.4 cm³/mol. The number of halogens is 3. The summed E-state index contributed by atoms with van der Waals surface area (Å²) in [6.45, 7) is 1.80. The minimum Gasteiger partial charge on any atom is -0.406 e. The third kappa shape index (κ3) is 4.64. The minimum atomic E-state index is -4.71. The van der Waals surface area contributed by atoms with E-state index in [9.17, 15) is 13.2 Å². The molecule has 0 amide bonds. The Labute approximate surface area is 96.8 Å². The van der Waals surface area contributed by atoms with Gasteiger partial charge in [0.2, 0.25) is 0 Å². The molecule has 1 rings (SSSR count). The molecule has 0 aliphatic heterocycles. The molecule has 0 heterocycles. The SMILES string of the molecule is CCC(C#N)Nc1cccc(OC(F)(F)F)c1. The molecule has 0 aliphatic rings. The first kappa shape index (κ1) is 13.2. The summed E-state index contributed by atoms with van der Waals surface area (Å²) in [4.78, 5) is 0. The molecule has 0 fully saturated rings. The van der Waals surface area contributed by atoms with Crippen molar-refractivity contribution in [2.24, 2.45) is 0 Å². The maximum atomic E-state index is 12.0. The Morgan fingerprint density at radius 3 is 2.71 bits per heavy atom. The molecule has 0 aromatic heterocycles. The Balaban J connectivity index is 2.76. The second-order valence-corrected chi connectivity index (χ2v) is 3.31. The maximum absolute atomic E-state index is 12.0. The normalized spacial score (nSPS) is 12.6. The Bertz CT molecular complexity index is 412. The van der Waals surface area contributed by atoms with Crippen LogP contribution in [-0.4, -0.2) is 12.4 Å². The summed E-state index contributed by atoms with van der Waals surface area (Å²) in [5, 5.41) is 11.5. The first-order valence-corrected chi connectivity index (χ1v) is 4.96. The van der Waals surface area contributed by atoms with E-state index in [1.54, 1.807) is 13.0 Å². The average molecular weight is 244 g/mol. The number of nitrogens with one attached hydrogen (secondary N) is 1. The summed E-state index contributed by atoms with van der Waals surface area (Å²) in [6, 6.07) is 6.96. The fourth-order valence-corrected chi connectivity index (χ4v) is 1.21. The van der Waals surface area contributed by atoms with Gasteiger partial charge in [-0.15, -0.1) is 13.2 Å². The van der Waals surface area contributed by atoms with Gasteiger partial charge in [0.25, 0.3) is 0 Å². The zero-order valence-electron chi connectivity index (χ0n) is 9.08. The van der Waals surface area contributed by atoms with Gasteiger partial charge in [0.05, 0.1) is 6.07 Å². The maximum Gasteiger partial charge on any atom is 0.573 e. The highest BCUT2D eigenvalue weighted by molar-refractivity contribution is 5.49. The van der Waals surface area contributed by atoms with E-state index in [1.165, 1.54) is 18.2 Å². The van der Waals surface area contributed by atoms with Gasteiger partial charge in [-0.05, 0) is 18.6 Å². The number of nitrogens with zero attached hydrogens (tertiary/aromatic N) is 1. The second-order valence-electron chi connectivity index (χ2n) is 3.31. The molecule has 92 valence electrons. The van der Waals surface area contributed by atoms with E-state index in [0.29, 0.717) is 12.1 Å². The summed E-state index contributed by atoms with van der Waals surface area (Å²) >= 11 is 0. The van der Waals surface area contributed by atoms with Crippen molar-refractivity contribution in [2.45, 2.75) is 25.7 Å². The van der Waals surface area contributed by atoms with E-state index >= 15 is 0 Å². The molecule has 1 atom stereocenters. The van der Waals surface area contributed by atoms with Crippen LogP contribution >= 0.6 is 0 Å². The summed E-state index contributed by atoms with van der Waals surface area (Å²) in [6.07, 6.45) is -4.15. The zero-order chi connectivity index (χ0) is 12.9. The van der Waals surface area contributed by atoms with Crippen LogP contribution in [0.2, 0.25) is 0 Å². The molecule has 3 nitrogen and oxygen atoms in total. The summed E-state index contributed by atoms with van der Waals surface area (Å²) in [5.41, 5.74) is 0.417. The van der Waals surface area contributed by atoms with Crippen LogP contribution < -0.4 is 10.1 Å². The zero-order valence-corrected chi connectivity index (χ0v) is 9.08. The monoisotopic (exact) mass is 244 g/mol. The number of rotatable bonds is 4. The lowest BCUT2D eigenvalue weighted by Gasteiger charge is -2.13. The van der Waals surface area contributed by atoms with E-state index < -0.39 is 12.4 Å². The highest BCUT2D eigenvalue weighted by Crippen LogP contribution is 2.25. The molecule has 0 bridgehead atoms. The number of alkyl halides is 3. The number of benzene rings is 1. The molecule has 6 heteroatoms. The van der Waals surface area contributed by atoms with Crippen LogP contribution in [0.3, 0.4) is 0 Å². The highest BCUT2D eigenvalue weighted by atomic mass is 19.4. The molecule has 1 unspecified atom stereocenters. The molecule has 17 heavy (non-hydrogen) atoms. The molecule has 1 N–H and O–H groups in total. The lowest BCUT2D eigenvalue weighted by molar-refractivity contribution is -0.274. The molecule has 0 aliphatic carbocycles. The van der Waals surface area contributed by atoms with Gasteiger partial charge in [-0.3, -0.25) is 0 Å². The molecule has 1 aromatic rings. The van der Waals surface area contributed by atoms with Crippen LogP contribution in [0, 0.1) is 11.3 Å². The Hall–Kier alpha value is -1.90. The van der Waals surface area contributed by atoms with Crippen molar-refractivity contribution < 1.29 is 17.9 Å². The van der Waals surface area contributed by atoms with Crippen molar-refractivity contribution in [1.82, 2.24) is 0 Å². The molecule has 0 radical (unpaired) electrons. The predicted octanol–water partition coefficient (Wildman–Crippen LogP) is 3.30. The van der Waals surface area contributed by atoms with Gasteiger partial charge >= 0.3 is 6.36 Å². The van der Waals surface area contributed by atoms with Crippen molar-refractivity contribution in [3.63, 3.8) is 0 Å². The highest BCUT2D eigenvalue weighted by Gasteiger charge is 2.31. The van der Waals surface area contributed by atoms with Gasteiger partial charge in [-0.2, -0.15) is 5.26 Å². The molecule has 0 saturated carbocycles. The average Bonchev–Trinajstić information content (AvgIpc) is 2.24. The van der Waals surface area contributed by atoms with Crippen molar-refractivity contribution in [2.75, 3.05) is 5.32 Å². The minimum absolute atomic E-state index is 0.310. The van der Waals surface area contributed by atoms with Gasteiger partial charge < -0.3 is 10.1 Å². The molecular formula is C11H11F3N2O. The summed E-state index contributed by atoms with van der Waals surface area (Å²) in [5.74, 6) is -0.310. The van der Waals surface area contributed by atoms with Crippen LogP contribution in [0.5, 0.6) is 5.75 Å². The van der Waals surface area contributed by atoms with E-state index in [2.05, 4.69) is 10.1 Å². The molecular weight excluding hydrogens is 233 g/mol. The fourth-order valence-electron chi connectivity index (χ4n) is 1.21. The van der Waals surface area contributed by atoms with Crippen molar-refractivity contribution in [3.8, 4) is 11.8 Å². The number of anilines is 1. The number of hydrogen-bond donors (Lipinski definition) is 1. The fraction of sp³-hybridized carbons (Fsp3) is 0.364. The molecule has 1 aromatic carbocycles. The van der Waals surface area contributed by atoms with Crippen molar-refractivity contribution in [3.05, 3.63) is 24.3 Å². The van der Waals surface area contributed by atoms with E-state index in [1.807, 2.05) is 6.07 Å². The number of hydrogen-bond acceptors (Lipinski definition) is 3. The van der Waals surface area contributed by atoms with Gasteiger partial charge in [0, 0.05) is 11.8 Å². The third-order valence-electron chi connectivity index (χ3n) is 1.97. The van der Waals surface area contributed by atoms with Crippen LogP contribution in [-0.2, 0) is 0 Å². The first-order valence-electron chi connectivity index (χ1n) is 4.96. The molecule has 0 spiro atoms. The smallest absolute Gasteiger partial charge is 0.406 e. The number of nitriles is 1. The third-order valence-corrected chi connectivity index (χ3v) is 1.97. The van der Waals surface area contributed by atoms with Gasteiger partial charge in [0.15, 0.2) is 0 Å². The second kappa shape index (κ2) is 5.43. The van der Waals surface area contributed by atoms with Gasteiger partial charge in [-0.25, -0.2) is 0 Å². The van der Waals surface area contributed by atoms with Crippen molar-refractivity contribution >= 4 is 5.69 Å². The van der Waals surface area contributed by atoms with Crippen LogP contribution in [0.1, 0.15) is 13.3 Å². The topological polar surface area (TPSA) is 45.0 Å². The van der Waals surface area contributed by atoms with E-state index in [4.69, 9.17) is 5.26 Å². The lowest BCUT2D eigenvalue weighted by Crippen LogP contribution is -2.18. The molecule has 0 saturated heterocycles. The Kier molecular flexibility index (Phi) is 4.21. The van der Waals surface area contributed by atoms with Crippen LogP contribution in [0.25, 0.3) is 0 Å². The van der Waals surface area contributed by atoms with Crippen molar-refractivity contribution in [1.29, 1.82) is 5.26 Å². The Morgan fingerprint density at radius 1 is 1.47 bits per heavy atom. The summed E-state index contributed by atoms with van der Waals surface area (Å²) < 4.78 is 39.7. The first-order chi connectivity index (χ1) is 7.94. The van der Waals surface area contributed by atoms with Gasteiger partial charge in [-0.1, -0.05) is 13.0 Å². The van der Waals surface area contributed by atoms with Crippen LogP contribution in [0.15, 0.2) is 24.3 Å².